The highest BCUT2D eigenvalue weighted by Crippen LogP contribution is 2.54. The summed E-state index contributed by atoms with van der Waals surface area (Å²) in [7, 11) is -4.44. The van der Waals surface area contributed by atoms with Crippen LogP contribution in [0.4, 0.5) is 0 Å². The van der Waals surface area contributed by atoms with Gasteiger partial charge in [0.1, 0.15) is 0 Å². The monoisotopic (exact) mass is 518 g/mol. The molecule has 0 radical (unpaired) electrons. The highest BCUT2D eigenvalue weighted by atomic mass is 31.2. The van der Waals surface area contributed by atoms with Gasteiger partial charge in [-0.1, -0.05) is 35.4 Å². The summed E-state index contributed by atoms with van der Waals surface area (Å²) >= 11 is 0. The molecule has 0 aliphatic rings. The summed E-state index contributed by atoms with van der Waals surface area (Å²) in [6.45, 7) is 12.5. The Bertz CT molecular complexity index is 1000. The van der Waals surface area contributed by atoms with E-state index in [4.69, 9.17) is 19.1 Å². The first kappa shape index (κ1) is 30.1. The average Bonchev–Trinajstić information content (AvgIpc) is 2.78. The first-order valence-corrected chi connectivity index (χ1v) is 13.9. The summed E-state index contributed by atoms with van der Waals surface area (Å²) in [6.07, 6.45) is 0.934. The lowest BCUT2D eigenvalue weighted by Gasteiger charge is -2.21. The molecule has 1 N–H and O–H groups in total. The Morgan fingerprint density at radius 1 is 0.667 bits per heavy atom. The van der Waals surface area contributed by atoms with Crippen LogP contribution in [0.2, 0.25) is 0 Å². The van der Waals surface area contributed by atoms with Gasteiger partial charge in [-0.2, -0.15) is 0 Å². The molecule has 2 aromatic rings. The quantitative estimate of drug-likeness (QED) is 0.241. The number of hydrogen-bond donors (Lipinski definition) is 1. The van der Waals surface area contributed by atoms with Gasteiger partial charge in [0, 0.05) is 30.9 Å². The van der Waals surface area contributed by atoms with Crippen LogP contribution in [0.3, 0.4) is 0 Å². The summed E-state index contributed by atoms with van der Waals surface area (Å²) in [5.74, 6) is 0. The van der Waals surface area contributed by atoms with E-state index in [1.165, 1.54) is 0 Å². The number of carbonyl (C=O) groups excluding carboxylic acids is 2. The normalized spacial score (nSPS) is 11.6. The molecule has 0 aliphatic heterocycles. The standard InChI is InChI=1S/C28H39O7P/c1-19-15-21(3)25(22(4)16-19)27(30)36(32,28(31)26-23(5)17-20(2)18-24(26)6)35-12-8-11-34-14-13-33-10-7-9-29/h15-18,29H,7-14H2,1-6H3. The number of rotatable bonds is 15. The van der Waals surface area contributed by atoms with E-state index in [-0.39, 0.29) is 24.3 Å². The highest BCUT2D eigenvalue weighted by Gasteiger charge is 2.44. The molecule has 0 aliphatic carbocycles. The molecule has 198 valence electrons. The molecule has 0 saturated carbocycles. The number of carbonyl (C=O) groups is 2. The van der Waals surface area contributed by atoms with Crippen LogP contribution in [0.5, 0.6) is 0 Å². The van der Waals surface area contributed by atoms with Gasteiger partial charge in [0.2, 0.25) is 0 Å². The van der Waals surface area contributed by atoms with Crippen LogP contribution >= 0.6 is 7.37 Å². The molecule has 0 atom stereocenters. The fraction of sp³-hybridized carbons (Fsp3) is 0.500. The molecular formula is C28H39O7P. The van der Waals surface area contributed by atoms with Crippen LogP contribution < -0.4 is 0 Å². The van der Waals surface area contributed by atoms with E-state index in [0.29, 0.717) is 61.5 Å². The second-order valence-corrected chi connectivity index (χ2v) is 11.4. The van der Waals surface area contributed by atoms with Crippen molar-refractivity contribution in [3.05, 3.63) is 68.8 Å². The molecule has 0 spiro atoms. The molecule has 0 bridgehead atoms. The fourth-order valence-corrected chi connectivity index (χ4v) is 6.48. The summed E-state index contributed by atoms with van der Waals surface area (Å²) in [5.41, 5.74) is 3.63. The van der Waals surface area contributed by atoms with Crippen LogP contribution in [-0.2, 0) is 18.6 Å². The predicted molar refractivity (Wildman–Crippen MR) is 141 cm³/mol. The molecule has 2 aromatic carbocycles. The average molecular weight is 519 g/mol. The van der Waals surface area contributed by atoms with Crippen molar-refractivity contribution >= 4 is 18.4 Å². The number of benzene rings is 2. The molecule has 7 nitrogen and oxygen atoms in total. The minimum absolute atomic E-state index is 0.0615. The molecule has 8 heteroatoms. The lowest BCUT2D eigenvalue weighted by molar-refractivity contribution is 0.0389. The molecule has 0 fully saturated rings. The summed E-state index contributed by atoms with van der Waals surface area (Å²) < 4.78 is 30.7. The number of ether oxygens (including phenoxy) is 2. The van der Waals surface area contributed by atoms with Gasteiger partial charge in [-0.25, -0.2) is 0 Å². The van der Waals surface area contributed by atoms with Crippen molar-refractivity contribution in [2.24, 2.45) is 0 Å². The van der Waals surface area contributed by atoms with Gasteiger partial charge in [-0.05, 0) is 76.6 Å². The van der Waals surface area contributed by atoms with Crippen molar-refractivity contribution in [1.82, 2.24) is 0 Å². The van der Waals surface area contributed by atoms with E-state index in [1.54, 1.807) is 27.7 Å². The predicted octanol–water partition coefficient (Wildman–Crippen LogP) is 5.62. The summed E-state index contributed by atoms with van der Waals surface area (Å²) in [4.78, 5) is 27.5. The van der Waals surface area contributed by atoms with Crippen molar-refractivity contribution in [3.8, 4) is 0 Å². The van der Waals surface area contributed by atoms with Gasteiger partial charge in [-0.3, -0.25) is 14.2 Å². The van der Waals surface area contributed by atoms with Crippen LogP contribution in [0, 0.1) is 41.5 Å². The number of aryl methyl sites for hydroxylation is 6. The van der Waals surface area contributed by atoms with Crippen molar-refractivity contribution < 1.29 is 33.3 Å². The zero-order chi connectivity index (χ0) is 26.9. The Kier molecular flexibility index (Phi) is 11.7. The molecular weight excluding hydrogens is 479 g/mol. The summed E-state index contributed by atoms with van der Waals surface area (Å²) in [6, 6.07) is 7.36. The maximum absolute atomic E-state index is 14.2. The lowest BCUT2D eigenvalue weighted by atomic mass is 10.0. The third-order valence-electron chi connectivity index (χ3n) is 5.84. The zero-order valence-corrected chi connectivity index (χ0v) is 23.2. The Balaban J connectivity index is 2.24. The van der Waals surface area contributed by atoms with Crippen molar-refractivity contribution in [2.45, 2.75) is 54.4 Å². The second-order valence-electron chi connectivity index (χ2n) is 9.20. The molecule has 36 heavy (non-hydrogen) atoms. The lowest BCUT2D eigenvalue weighted by Crippen LogP contribution is -2.18. The van der Waals surface area contributed by atoms with Crippen molar-refractivity contribution in [2.75, 3.05) is 39.6 Å². The number of hydrogen-bond acceptors (Lipinski definition) is 7. The number of aliphatic hydroxyl groups is 1. The molecule has 2 rings (SSSR count). The maximum atomic E-state index is 14.2. The Hall–Kier alpha value is -2.15. The Labute approximate surface area is 214 Å². The van der Waals surface area contributed by atoms with Crippen LogP contribution in [0.15, 0.2) is 24.3 Å². The van der Waals surface area contributed by atoms with Gasteiger partial charge in [0.25, 0.3) is 11.0 Å². The Morgan fingerprint density at radius 3 is 1.44 bits per heavy atom. The summed E-state index contributed by atoms with van der Waals surface area (Å²) in [5, 5.41) is 8.74. The van der Waals surface area contributed by atoms with Gasteiger partial charge in [0.15, 0.2) is 0 Å². The van der Waals surface area contributed by atoms with Gasteiger partial charge in [0.05, 0.1) is 19.8 Å². The smallest absolute Gasteiger partial charge is 0.340 e. The molecule has 0 heterocycles. The third kappa shape index (κ3) is 7.67. The molecule has 0 amide bonds. The minimum atomic E-state index is -4.44. The maximum Gasteiger partial charge on any atom is 0.340 e. The third-order valence-corrected chi connectivity index (χ3v) is 7.90. The molecule has 0 aromatic heterocycles. The second kappa shape index (κ2) is 14.0. The fourth-order valence-electron chi connectivity index (χ4n) is 4.38. The zero-order valence-electron chi connectivity index (χ0n) is 22.3. The van der Waals surface area contributed by atoms with Crippen molar-refractivity contribution in [3.63, 3.8) is 0 Å². The van der Waals surface area contributed by atoms with Crippen LogP contribution in [0.25, 0.3) is 0 Å². The van der Waals surface area contributed by atoms with E-state index < -0.39 is 18.4 Å². The van der Waals surface area contributed by atoms with Crippen LogP contribution in [-0.4, -0.2) is 55.8 Å². The molecule has 0 saturated heterocycles. The van der Waals surface area contributed by atoms with Crippen LogP contribution in [0.1, 0.15) is 66.9 Å². The van der Waals surface area contributed by atoms with E-state index >= 15 is 0 Å². The highest BCUT2D eigenvalue weighted by molar-refractivity contribution is 7.91. The first-order chi connectivity index (χ1) is 17.0. The van der Waals surface area contributed by atoms with Gasteiger partial charge in [-0.15, -0.1) is 0 Å². The van der Waals surface area contributed by atoms with Crippen molar-refractivity contribution in [1.29, 1.82) is 0 Å². The Morgan fingerprint density at radius 2 is 1.06 bits per heavy atom. The number of aliphatic hydroxyl groups excluding tert-OH is 1. The first-order valence-electron chi connectivity index (χ1n) is 12.3. The minimum Gasteiger partial charge on any atom is -0.396 e. The van der Waals surface area contributed by atoms with E-state index in [9.17, 15) is 14.2 Å². The SMILES string of the molecule is Cc1cc(C)c(C(=O)P(=O)(OCCCOCCOCCCO)C(=O)c2c(C)cc(C)cc2C)c(C)c1. The van der Waals surface area contributed by atoms with E-state index in [0.717, 1.165) is 11.1 Å². The topological polar surface area (TPSA) is 99.1 Å². The van der Waals surface area contributed by atoms with E-state index in [1.807, 2.05) is 38.1 Å². The van der Waals surface area contributed by atoms with Gasteiger partial charge >= 0.3 is 7.37 Å². The van der Waals surface area contributed by atoms with Gasteiger partial charge < -0.3 is 19.1 Å². The largest absolute Gasteiger partial charge is 0.396 e. The van der Waals surface area contributed by atoms with E-state index in [2.05, 4.69) is 0 Å². The molecule has 0 unspecified atom stereocenters.